The van der Waals surface area contributed by atoms with Gasteiger partial charge in [0.1, 0.15) is 11.3 Å². The van der Waals surface area contributed by atoms with E-state index in [1.165, 1.54) is 12.1 Å². The number of fused-ring (bicyclic) bond motifs is 3. The molecule has 1 saturated heterocycles. The fraction of sp³-hybridized carbons (Fsp3) is 0.455. The van der Waals surface area contributed by atoms with Gasteiger partial charge in [-0.2, -0.15) is 0 Å². The maximum atomic E-state index is 13.9. The van der Waals surface area contributed by atoms with E-state index < -0.39 is 0 Å². The smallest absolute Gasteiger partial charge is 0.275 e. The highest BCUT2D eigenvalue weighted by molar-refractivity contribution is 5.79. The maximum Gasteiger partial charge on any atom is 0.275 e. The van der Waals surface area contributed by atoms with Gasteiger partial charge in [-0.15, -0.1) is 0 Å². The summed E-state index contributed by atoms with van der Waals surface area (Å²) < 4.78 is 17.2. The lowest BCUT2D eigenvalue weighted by molar-refractivity contribution is -0.134. The summed E-state index contributed by atoms with van der Waals surface area (Å²) in [7, 11) is 0. The molecule has 1 aliphatic rings. The van der Waals surface area contributed by atoms with Gasteiger partial charge < -0.3 is 13.9 Å². The molecular weight excluding hydrogens is 357 g/mol. The standard InChI is InChI=1S/C22H26FN3O2/c1-15-11-16(2)14-24(13-15)21(27)6-4-10-26-20-12-17(23)7-8-18(20)25-9-3-5-19(25)22(26)28/h3,5,7-9,12,15-16H,4,6,10-11,13-14H2,1-2H3/t15-,16+. The van der Waals surface area contributed by atoms with Crippen LogP contribution < -0.4 is 5.56 Å². The molecule has 0 bridgehead atoms. The molecule has 1 aliphatic heterocycles. The van der Waals surface area contributed by atoms with Crippen molar-refractivity contribution in [2.45, 2.75) is 39.7 Å². The van der Waals surface area contributed by atoms with Crippen molar-refractivity contribution in [3.8, 4) is 0 Å². The van der Waals surface area contributed by atoms with Gasteiger partial charge in [0.2, 0.25) is 5.91 Å². The average molecular weight is 383 g/mol. The first-order chi connectivity index (χ1) is 13.4. The van der Waals surface area contributed by atoms with Crippen LogP contribution in [0.3, 0.4) is 0 Å². The van der Waals surface area contributed by atoms with Crippen molar-refractivity contribution in [3.05, 3.63) is 52.7 Å². The number of aromatic nitrogens is 2. The number of halogens is 1. The summed E-state index contributed by atoms with van der Waals surface area (Å²) in [6.45, 7) is 6.39. The topological polar surface area (TPSA) is 46.7 Å². The molecule has 2 aromatic heterocycles. The third-order valence-corrected chi connectivity index (χ3v) is 5.69. The molecular formula is C22H26FN3O2. The van der Waals surface area contributed by atoms with Crippen LogP contribution in [0.25, 0.3) is 16.6 Å². The van der Waals surface area contributed by atoms with Gasteiger partial charge in [0.15, 0.2) is 0 Å². The molecule has 148 valence electrons. The summed E-state index contributed by atoms with van der Waals surface area (Å²) in [5.41, 5.74) is 1.74. The van der Waals surface area contributed by atoms with Gasteiger partial charge >= 0.3 is 0 Å². The van der Waals surface area contributed by atoms with Gasteiger partial charge in [-0.25, -0.2) is 4.39 Å². The molecule has 3 aromatic rings. The molecule has 0 saturated carbocycles. The maximum absolute atomic E-state index is 13.9. The van der Waals surface area contributed by atoms with Crippen LogP contribution in [0.1, 0.15) is 33.1 Å². The summed E-state index contributed by atoms with van der Waals surface area (Å²) >= 11 is 0. The molecule has 0 spiro atoms. The fourth-order valence-corrected chi connectivity index (χ4v) is 4.56. The van der Waals surface area contributed by atoms with Crippen molar-refractivity contribution in [1.29, 1.82) is 0 Å². The molecule has 4 rings (SSSR count). The number of carbonyl (C=O) groups is 1. The zero-order chi connectivity index (χ0) is 19.8. The molecule has 1 amide bonds. The number of nitrogens with zero attached hydrogens (tertiary/aromatic N) is 3. The molecule has 2 atom stereocenters. The van der Waals surface area contributed by atoms with Gasteiger partial charge in [0, 0.05) is 32.3 Å². The van der Waals surface area contributed by atoms with Gasteiger partial charge in [-0.1, -0.05) is 13.8 Å². The van der Waals surface area contributed by atoms with E-state index in [9.17, 15) is 14.0 Å². The van der Waals surface area contributed by atoms with Gasteiger partial charge in [-0.05, 0) is 55.0 Å². The molecule has 0 N–H and O–H groups in total. The largest absolute Gasteiger partial charge is 0.342 e. The third kappa shape index (κ3) is 3.43. The minimum Gasteiger partial charge on any atom is -0.342 e. The zero-order valence-corrected chi connectivity index (χ0v) is 16.4. The Labute approximate surface area is 163 Å². The second-order valence-corrected chi connectivity index (χ2v) is 8.20. The molecule has 0 radical (unpaired) electrons. The second-order valence-electron chi connectivity index (χ2n) is 8.20. The minimum absolute atomic E-state index is 0.144. The number of likely N-dealkylation sites (tertiary alicyclic amines) is 1. The number of benzene rings is 1. The Kier molecular flexibility index (Phi) is 4.96. The average Bonchev–Trinajstić information content (AvgIpc) is 3.13. The molecule has 0 aliphatic carbocycles. The quantitative estimate of drug-likeness (QED) is 0.690. The van der Waals surface area contributed by atoms with Crippen molar-refractivity contribution >= 4 is 22.5 Å². The molecule has 6 heteroatoms. The summed E-state index contributed by atoms with van der Waals surface area (Å²) in [6.07, 6.45) is 3.92. The van der Waals surface area contributed by atoms with E-state index in [2.05, 4.69) is 13.8 Å². The Morgan fingerprint density at radius 3 is 2.61 bits per heavy atom. The van der Waals surface area contributed by atoms with E-state index in [1.807, 2.05) is 17.2 Å². The molecule has 1 aromatic carbocycles. The van der Waals surface area contributed by atoms with E-state index in [0.717, 1.165) is 25.0 Å². The van der Waals surface area contributed by atoms with Gasteiger partial charge in [0.25, 0.3) is 5.56 Å². The second kappa shape index (κ2) is 7.41. The monoisotopic (exact) mass is 383 g/mol. The third-order valence-electron chi connectivity index (χ3n) is 5.69. The van der Waals surface area contributed by atoms with Gasteiger partial charge in [-0.3, -0.25) is 9.59 Å². The minimum atomic E-state index is -0.375. The first-order valence-corrected chi connectivity index (χ1v) is 10.0. The Bertz CT molecular complexity index is 1070. The highest BCUT2D eigenvalue weighted by atomic mass is 19.1. The zero-order valence-electron chi connectivity index (χ0n) is 16.4. The summed E-state index contributed by atoms with van der Waals surface area (Å²) in [4.78, 5) is 27.5. The molecule has 5 nitrogen and oxygen atoms in total. The number of amides is 1. The van der Waals surface area contributed by atoms with Crippen LogP contribution in [0.2, 0.25) is 0 Å². The number of rotatable bonds is 4. The van der Waals surface area contributed by atoms with Crippen molar-refractivity contribution in [2.75, 3.05) is 13.1 Å². The number of carbonyl (C=O) groups excluding carboxylic acids is 1. The SMILES string of the molecule is C[C@@H]1C[C@H](C)CN(C(=O)CCCn2c(=O)c3cccn3c3ccc(F)cc32)C1. The number of hydrogen-bond donors (Lipinski definition) is 0. The van der Waals surface area contributed by atoms with Crippen molar-refractivity contribution < 1.29 is 9.18 Å². The van der Waals surface area contributed by atoms with Crippen LogP contribution in [0.4, 0.5) is 4.39 Å². The first-order valence-electron chi connectivity index (χ1n) is 10.0. The lowest BCUT2D eigenvalue weighted by atomic mass is 9.91. The van der Waals surface area contributed by atoms with Crippen LogP contribution in [0, 0.1) is 17.7 Å². The van der Waals surface area contributed by atoms with E-state index in [4.69, 9.17) is 0 Å². The lowest BCUT2D eigenvalue weighted by Gasteiger charge is -2.35. The van der Waals surface area contributed by atoms with Crippen LogP contribution in [0.5, 0.6) is 0 Å². The molecule has 1 fully saturated rings. The predicted octanol–water partition coefficient (Wildman–Crippen LogP) is 3.68. The Morgan fingerprint density at radius 2 is 1.86 bits per heavy atom. The van der Waals surface area contributed by atoms with Crippen LogP contribution in [-0.4, -0.2) is 32.9 Å². The molecule has 3 heterocycles. The van der Waals surface area contributed by atoms with E-state index in [0.29, 0.717) is 42.3 Å². The highest BCUT2D eigenvalue weighted by Crippen LogP contribution is 2.22. The molecule has 0 unspecified atom stereocenters. The fourth-order valence-electron chi connectivity index (χ4n) is 4.56. The van der Waals surface area contributed by atoms with Crippen molar-refractivity contribution in [1.82, 2.24) is 13.9 Å². The Balaban J connectivity index is 1.56. The molecule has 28 heavy (non-hydrogen) atoms. The van der Waals surface area contributed by atoms with Crippen molar-refractivity contribution in [3.63, 3.8) is 0 Å². The van der Waals surface area contributed by atoms with Gasteiger partial charge in [0.05, 0.1) is 11.0 Å². The summed E-state index contributed by atoms with van der Waals surface area (Å²) in [6, 6.07) is 8.06. The first kappa shape index (κ1) is 18.7. The van der Waals surface area contributed by atoms with Crippen molar-refractivity contribution in [2.24, 2.45) is 11.8 Å². The van der Waals surface area contributed by atoms with Crippen LogP contribution >= 0.6 is 0 Å². The predicted molar refractivity (Wildman–Crippen MR) is 108 cm³/mol. The number of hydrogen-bond acceptors (Lipinski definition) is 2. The summed E-state index contributed by atoms with van der Waals surface area (Å²) in [5.74, 6) is 0.822. The Hall–Kier alpha value is -2.63. The van der Waals surface area contributed by atoms with E-state index in [-0.39, 0.29) is 17.3 Å². The van der Waals surface area contributed by atoms with E-state index in [1.54, 1.807) is 21.1 Å². The van der Waals surface area contributed by atoms with Crippen LogP contribution in [0.15, 0.2) is 41.3 Å². The van der Waals surface area contributed by atoms with Crippen LogP contribution in [-0.2, 0) is 11.3 Å². The summed E-state index contributed by atoms with van der Waals surface area (Å²) in [5, 5.41) is 0. The number of piperidine rings is 1. The number of aryl methyl sites for hydroxylation is 1. The Morgan fingerprint density at radius 1 is 1.11 bits per heavy atom. The highest BCUT2D eigenvalue weighted by Gasteiger charge is 2.25. The van der Waals surface area contributed by atoms with E-state index >= 15 is 0 Å². The normalized spacial score (nSPS) is 20.2. The lowest BCUT2D eigenvalue weighted by Crippen LogP contribution is -2.42.